The Bertz CT molecular complexity index is 310. The van der Waals surface area contributed by atoms with Gasteiger partial charge in [-0.1, -0.05) is 6.07 Å². The standard InChI is InChI=1S/C10H11NO2/c1-13-10(12)8-6-7(8)9-4-2-3-5-11-9/h2-5,7-8H,6H2,1H3/t7-,8+/m0/s1. The maximum Gasteiger partial charge on any atom is 0.309 e. The van der Waals surface area contributed by atoms with Crippen LogP contribution in [-0.4, -0.2) is 18.1 Å². The van der Waals surface area contributed by atoms with Crippen LogP contribution in [0.1, 0.15) is 18.0 Å². The number of carbonyl (C=O) groups is 1. The summed E-state index contributed by atoms with van der Waals surface area (Å²) >= 11 is 0. The first-order valence-electron chi connectivity index (χ1n) is 4.31. The number of rotatable bonds is 2. The first kappa shape index (κ1) is 8.23. The second-order valence-electron chi connectivity index (χ2n) is 3.23. The third kappa shape index (κ3) is 1.54. The fourth-order valence-electron chi connectivity index (χ4n) is 1.53. The molecule has 2 atom stereocenters. The van der Waals surface area contributed by atoms with Gasteiger partial charge in [-0.2, -0.15) is 0 Å². The Labute approximate surface area is 76.7 Å². The number of esters is 1. The summed E-state index contributed by atoms with van der Waals surface area (Å²) in [5, 5.41) is 0. The van der Waals surface area contributed by atoms with Crippen molar-refractivity contribution in [3.63, 3.8) is 0 Å². The molecule has 1 saturated carbocycles. The first-order valence-corrected chi connectivity index (χ1v) is 4.31. The van der Waals surface area contributed by atoms with Crippen molar-refractivity contribution in [2.75, 3.05) is 7.11 Å². The average molecular weight is 177 g/mol. The van der Waals surface area contributed by atoms with Crippen molar-refractivity contribution in [3.05, 3.63) is 30.1 Å². The Hall–Kier alpha value is -1.38. The Kier molecular flexibility index (Phi) is 2.00. The van der Waals surface area contributed by atoms with Crippen molar-refractivity contribution in [1.82, 2.24) is 4.98 Å². The van der Waals surface area contributed by atoms with Crippen LogP contribution >= 0.6 is 0 Å². The monoisotopic (exact) mass is 177 g/mol. The number of ether oxygens (including phenoxy) is 1. The summed E-state index contributed by atoms with van der Waals surface area (Å²) in [7, 11) is 1.43. The fourth-order valence-corrected chi connectivity index (χ4v) is 1.53. The van der Waals surface area contributed by atoms with E-state index in [0.29, 0.717) is 0 Å². The summed E-state index contributed by atoms with van der Waals surface area (Å²) in [6, 6.07) is 5.77. The molecule has 1 aliphatic carbocycles. The predicted molar refractivity (Wildman–Crippen MR) is 47.1 cm³/mol. The number of pyridine rings is 1. The highest BCUT2D eigenvalue weighted by molar-refractivity contribution is 5.77. The molecule has 0 amide bonds. The Morgan fingerprint density at radius 3 is 3.08 bits per heavy atom. The molecule has 3 heteroatoms. The zero-order valence-electron chi connectivity index (χ0n) is 7.43. The molecule has 0 bridgehead atoms. The summed E-state index contributed by atoms with van der Waals surface area (Å²) in [4.78, 5) is 15.3. The molecule has 13 heavy (non-hydrogen) atoms. The van der Waals surface area contributed by atoms with Gasteiger partial charge >= 0.3 is 5.97 Å². The van der Waals surface area contributed by atoms with E-state index in [0.717, 1.165) is 12.1 Å². The summed E-state index contributed by atoms with van der Waals surface area (Å²) in [5.41, 5.74) is 0.998. The Morgan fingerprint density at radius 1 is 1.62 bits per heavy atom. The molecule has 1 fully saturated rings. The zero-order valence-corrected chi connectivity index (χ0v) is 7.43. The van der Waals surface area contributed by atoms with Crippen LogP contribution in [0, 0.1) is 5.92 Å². The van der Waals surface area contributed by atoms with Gasteiger partial charge in [-0.05, 0) is 18.6 Å². The Balaban J connectivity index is 2.04. The first-order chi connectivity index (χ1) is 6.33. The highest BCUT2D eigenvalue weighted by atomic mass is 16.5. The van der Waals surface area contributed by atoms with Gasteiger partial charge in [0.25, 0.3) is 0 Å². The van der Waals surface area contributed by atoms with E-state index in [-0.39, 0.29) is 17.8 Å². The Morgan fingerprint density at radius 2 is 2.46 bits per heavy atom. The SMILES string of the molecule is COC(=O)[C@@H]1C[C@@H]1c1ccccn1. The molecule has 0 aromatic carbocycles. The molecular weight excluding hydrogens is 166 g/mol. The van der Waals surface area contributed by atoms with Crippen LogP contribution < -0.4 is 0 Å². The molecule has 0 N–H and O–H groups in total. The lowest BCUT2D eigenvalue weighted by atomic mass is 10.2. The minimum Gasteiger partial charge on any atom is -0.469 e. The van der Waals surface area contributed by atoms with Gasteiger partial charge in [0.2, 0.25) is 0 Å². The zero-order chi connectivity index (χ0) is 9.26. The maximum absolute atomic E-state index is 11.1. The number of nitrogens with zero attached hydrogens (tertiary/aromatic N) is 1. The lowest BCUT2D eigenvalue weighted by molar-refractivity contribution is -0.142. The average Bonchev–Trinajstić information content (AvgIpc) is 2.98. The van der Waals surface area contributed by atoms with Crippen LogP contribution in [0.25, 0.3) is 0 Å². The van der Waals surface area contributed by atoms with Crippen molar-refractivity contribution in [3.8, 4) is 0 Å². The number of methoxy groups -OCH3 is 1. The molecule has 1 aromatic heterocycles. The second-order valence-corrected chi connectivity index (χ2v) is 3.23. The molecule has 1 aromatic rings. The van der Waals surface area contributed by atoms with Crippen LogP contribution in [0.4, 0.5) is 0 Å². The number of hydrogen-bond acceptors (Lipinski definition) is 3. The maximum atomic E-state index is 11.1. The van der Waals surface area contributed by atoms with Crippen molar-refractivity contribution in [2.45, 2.75) is 12.3 Å². The highest BCUT2D eigenvalue weighted by Gasteiger charge is 2.45. The lowest BCUT2D eigenvalue weighted by Gasteiger charge is -1.97. The fraction of sp³-hybridized carbons (Fsp3) is 0.400. The van der Waals surface area contributed by atoms with E-state index in [2.05, 4.69) is 9.72 Å². The minimum absolute atomic E-state index is 0.0416. The molecule has 0 unspecified atom stereocenters. The van der Waals surface area contributed by atoms with Gasteiger partial charge in [0, 0.05) is 17.8 Å². The van der Waals surface area contributed by atoms with Gasteiger partial charge in [0.05, 0.1) is 13.0 Å². The largest absolute Gasteiger partial charge is 0.469 e. The number of hydrogen-bond donors (Lipinski definition) is 0. The third-order valence-electron chi connectivity index (χ3n) is 2.36. The van der Waals surface area contributed by atoms with E-state index in [1.54, 1.807) is 6.20 Å². The molecular formula is C10H11NO2. The lowest BCUT2D eigenvalue weighted by Crippen LogP contribution is -2.04. The van der Waals surface area contributed by atoms with Crippen LogP contribution in [-0.2, 0) is 9.53 Å². The molecule has 0 saturated heterocycles. The van der Waals surface area contributed by atoms with Gasteiger partial charge in [0.15, 0.2) is 0 Å². The molecule has 0 radical (unpaired) electrons. The van der Waals surface area contributed by atoms with Gasteiger partial charge in [-0.3, -0.25) is 9.78 Å². The van der Waals surface area contributed by atoms with Crippen molar-refractivity contribution >= 4 is 5.97 Å². The van der Waals surface area contributed by atoms with E-state index in [4.69, 9.17) is 0 Å². The van der Waals surface area contributed by atoms with Crippen LogP contribution in [0.5, 0.6) is 0 Å². The van der Waals surface area contributed by atoms with Gasteiger partial charge in [-0.25, -0.2) is 0 Å². The van der Waals surface area contributed by atoms with Crippen LogP contribution in [0.15, 0.2) is 24.4 Å². The summed E-state index contributed by atoms with van der Waals surface area (Å²) in [5.74, 6) is 0.212. The van der Waals surface area contributed by atoms with Crippen molar-refractivity contribution in [1.29, 1.82) is 0 Å². The van der Waals surface area contributed by atoms with Crippen LogP contribution in [0.3, 0.4) is 0 Å². The number of aromatic nitrogens is 1. The number of carbonyl (C=O) groups excluding carboxylic acids is 1. The van der Waals surface area contributed by atoms with E-state index < -0.39 is 0 Å². The normalized spacial score (nSPS) is 25.3. The van der Waals surface area contributed by atoms with E-state index in [1.807, 2.05) is 18.2 Å². The van der Waals surface area contributed by atoms with E-state index in [1.165, 1.54) is 7.11 Å². The highest BCUT2D eigenvalue weighted by Crippen LogP contribution is 2.47. The molecule has 2 rings (SSSR count). The molecule has 1 aliphatic rings. The smallest absolute Gasteiger partial charge is 0.309 e. The van der Waals surface area contributed by atoms with E-state index >= 15 is 0 Å². The van der Waals surface area contributed by atoms with Crippen LogP contribution in [0.2, 0.25) is 0 Å². The summed E-state index contributed by atoms with van der Waals surface area (Å²) in [6.07, 6.45) is 2.63. The molecule has 0 spiro atoms. The van der Waals surface area contributed by atoms with Crippen molar-refractivity contribution in [2.24, 2.45) is 5.92 Å². The summed E-state index contributed by atoms with van der Waals surface area (Å²) in [6.45, 7) is 0. The molecule has 3 nitrogen and oxygen atoms in total. The molecule has 0 aliphatic heterocycles. The molecule has 1 heterocycles. The quantitative estimate of drug-likeness (QED) is 0.640. The van der Waals surface area contributed by atoms with Gasteiger partial charge in [-0.15, -0.1) is 0 Å². The minimum atomic E-state index is -0.115. The van der Waals surface area contributed by atoms with E-state index in [9.17, 15) is 4.79 Å². The predicted octanol–water partition coefficient (Wildman–Crippen LogP) is 1.36. The molecule has 68 valence electrons. The van der Waals surface area contributed by atoms with Gasteiger partial charge < -0.3 is 4.74 Å². The third-order valence-corrected chi connectivity index (χ3v) is 2.36. The van der Waals surface area contributed by atoms with Crippen molar-refractivity contribution < 1.29 is 9.53 Å². The summed E-state index contributed by atoms with van der Waals surface area (Å²) < 4.78 is 4.66. The second kappa shape index (κ2) is 3.17. The van der Waals surface area contributed by atoms with Gasteiger partial charge in [0.1, 0.15) is 0 Å². The topological polar surface area (TPSA) is 39.2 Å².